The molecule has 0 radical (unpaired) electrons. The molecule has 1 aromatic heterocycles. The summed E-state index contributed by atoms with van der Waals surface area (Å²) >= 11 is 1.75. The van der Waals surface area contributed by atoms with Crippen LogP contribution in [0.2, 0.25) is 0 Å². The summed E-state index contributed by atoms with van der Waals surface area (Å²) in [5, 5.41) is 3.39. The molecule has 1 aliphatic rings. The largest absolute Gasteiger partial charge is 0.326 e. The van der Waals surface area contributed by atoms with Crippen LogP contribution in [0.25, 0.3) is 0 Å². The minimum absolute atomic E-state index is 0.656. The lowest BCUT2D eigenvalue weighted by Gasteiger charge is -2.09. The summed E-state index contributed by atoms with van der Waals surface area (Å²) in [7, 11) is 0. The number of hydrogen-bond acceptors (Lipinski definition) is 3. The zero-order valence-electron chi connectivity index (χ0n) is 9.76. The van der Waals surface area contributed by atoms with Crippen LogP contribution in [-0.4, -0.2) is 15.8 Å². The van der Waals surface area contributed by atoms with Crippen LogP contribution < -0.4 is 5.32 Å². The number of thioether (sulfide) groups is 1. The van der Waals surface area contributed by atoms with Gasteiger partial charge in [0.15, 0.2) is 0 Å². The van der Waals surface area contributed by atoms with E-state index in [1.807, 2.05) is 6.20 Å². The van der Waals surface area contributed by atoms with Crippen molar-refractivity contribution in [3.63, 3.8) is 0 Å². The molecule has 17 heavy (non-hydrogen) atoms. The number of hydrogen-bond donors (Lipinski definition) is 1. The van der Waals surface area contributed by atoms with Gasteiger partial charge in [0, 0.05) is 29.0 Å². The molecule has 88 valence electrons. The highest BCUT2D eigenvalue weighted by molar-refractivity contribution is 7.98. The number of imidazole rings is 1. The second kappa shape index (κ2) is 4.45. The molecule has 4 heteroatoms. The van der Waals surface area contributed by atoms with Gasteiger partial charge in [-0.05, 0) is 37.3 Å². The zero-order valence-corrected chi connectivity index (χ0v) is 10.6. The predicted molar refractivity (Wildman–Crippen MR) is 72.0 cm³/mol. The van der Waals surface area contributed by atoms with Crippen molar-refractivity contribution in [3.05, 3.63) is 36.7 Å². The Bertz CT molecular complexity index is 517. The number of nitrogens with one attached hydrogen (secondary N) is 1. The summed E-state index contributed by atoms with van der Waals surface area (Å²) in [6, 6.07) is 9.06. The van der Waals surface area contributed by atoms with Crippen LogP contribution in [0.3, 0.4) is 0 Å². The molecule has 0 spiro atoms. The number of aromatic nitrogens is 2. The Morgan fingerprint density at radius 1 is 1.41 bits per heavy atom. The molecule has 3 nitrogen and oxygen atoms in total. The van der Waals surface area contributed by atoms with Crippen LogP contribution in [0.4, 0.5) is 11.6 Å². The smallest absolute Gasteiger partial charge is 0.207 e. The molecule has 1 aromatic carbocycles. The molecular weight excluding hydrogens is 230 g/mol. The quantitative estimate of drug-likeness (QED) is 0.833. The topological polar surface area (TPSA) is 29.9 Å². The molecular formula is C13H15N3S. The van der Waals surface area contributed by atoms with Gasteiger partial charge < -0.3 is 9.88 Å². The minimum Gasteiger partial charge on any atom is -0.326 e. The highest BCUT2D eigenvalue weighted by Gasteiger charge is 2.25. The normalized spacial score (nSPS) is 14.9. The lowest BCUT2D eigenvalue weighted by atomic mass is 10.3. The van der Waals surface area contributed by atoms with Crippen LogP contribution >= 0.6 is 11.8 Å². The first-order valence-corrected chi connectivity index (χ1v) is 7.03. The molecule has 0 atom stereocenters. The van der Waals surface area contributed by atoms with Gasteiger partial charge in [0.05, 0.1) is 0 Å². The average molecular weight is 245 g/mol. The summed E-state index contributed by atoms with van der Waals surface area (Å²) in [5.41, 5.74) is 1.10. The molecule has 0 aliphatic heterocycles. The third kappa shape index (κ3) is 2.31. The first-order valence-electron chi connectivity index (χ1n) is 5.81. The van der Waals surface area contributed by atoms with E-state index in [-0.39, 0.29) is 0 Å². The summed E-state index contributed by atoms with van der Waals surface area (Å²) in [5.74, 6) is 0.950. The van der Waals surface area contributed by atoms with Gasteiger partial charge in [-0.15, -0.1) is 11.8 Å². The van der Waals surface area contributed by atoms with Gasteiger partial charge in [-0.2, -0.15) is 0 Å². The molecule has 1 saturated carbocycles. The van der Waals surface area contributed by atoms with Gasteiger partial charge in [0.25, 0.3) is 0 Å². The third-order valence-electron chi connectivity index (χ3n) is 2.93. The summed E-state index contributed by atoms with van der Waals surface area (Å²) in [4.78, 5) is 5.64. The fraction of sp³-hybridized carbons (Fsp3) is 0.308. The monoisotopic (exact) mass is 245 g/mol. The van der Waals surface area contributed by atoms with Gasteiger partial charge in [0.2, 0.25) is 5.95 Å². The minimum atomic E-state index is 0.656. The average Bonchev–Trinajstić information content (AvgIpc) is 3.11. The van der Waals surface area contributed by atoms with Crippen LogP contribution in [0.1, 0.15) is 18.9 Å². The molecule has 1 heterocycles. The third-order valence-corrected chi connectivity index (χ3v) is 3.66. The Hall–Kier alpha value is -1.42. The number of anilines is 2. The van der Waals surface area contributed by atoms with Crippen molar-refractivity contribution in [2.45, 2.75) is 23.8 Å². The fourth-order valence-electron chi connectivity index (χ4n) is 1.89. The van der Waals surface area contributed by atoms with Crippen LogP contribution in [0.5, 0.6) is 0 Å². The van der Waals surface area contributed by atoms with Gasteiger partial charge >= 0.3 is 0 Å². The molecule has 1 N–H and O–H groups in total. The zero-order chi connectivity index (χ0) is 11.7. The van der Waals surface area contributed by atoms with Crippen LogP contribution in [0, 0.1) is 0 Å². The lowest BCUT2D eigenvalue weighted by molar-refractivity contribution is 0.751. The van der Waals surface area contributed by atoms with Crippen molar-refractivity contribution in [3.8, 4) is 0 Å². The highest BCUT2D eigenvalue weighted by Crippen LogP contribution is 2.37. The standard InChI is InChI=1S/C13H15N3S/c1-17-12-4-2-3-10(9-12)15-13-14-7-8-16(13)11-5-6-11/h2-4,7-9,11H,5-6H2,1H3,(H,14,15). The second-order valence-electron chi connectivity index (χ2n) is 4.25. The van der Waals surface area contributed by atoms with E-state index >= 15 is 0 Å². The summed E-state index contributed by atoms with van der Waals surface area (Å²) in [6.45, 7) is 0. The predicted octanol–water partition coefficient (Wildman–Crippen LogP) is 3.68. The van der Waals surface area contributed by atoms with E-state index in [9.17, 15) is 0 Å². The molecule has 0 saturated heterocycles. The number of benzene rings is 1. The van der Waals surface area contributed by atoms with Crippen LogP contribution in [0.15, 0.2) is 41.6 Å². The van der Waals surface area contributed by atoms with Crippen molar-refractivity contribution in [1.29, 1.82) is 0 Å². The SMILES string of the molecule is CSc1cccc(Nc2nccn2C2CC2)c1. The second-order valence-corrected chi connectivity index (χ2v) is 5.13. The van der Waals surface area contributed by atoms with Crippen LogP contribution in [-0.2, 0) is 0 Å². The molecule has 0 amide bonds. The Balaban J connectivity index is 1.83. The van der Waals surface area contributed by atoms with E-state index in [0.29, 0.717) is 6.04 Å². The first-order chi connectivity index (χ1) is 8.36. The molecule has 3 rings (SSSR count). The molecule has 1 aliphatic carbocycles. The maximum absolute atomic E-state index is 4.37. The molecule has 0 bridgehead atoms. The summed E-state index contributed by atoms with van der Waals surface area (Å²) < 4.78 is 2.23. The van der Waals surface area contributed by atoms with Gasteiger partial charge in [0.1, 0.15) is 0 Å². The van der Waals surface area contributed by atoms with E-state index in [0.717, 1.165) is 11.6 Å². The Morgan fingerprint density at radius 2 is 2.29 bits per heavy atom. The fourth-order valence-corrected chi connectivity index (χ4v) is 2.35. The molecule has 0 unspecified atom stereocenters. The van der Waals surface area contributed by atoms with Crippen molar-refractivity contribution < 1.29 is 0 Å². The lowest BCUT2D eigenvalue weighted by Crippen LogP contribution is -2.01. The van der Waals surface area contributed by atoms with Crippen molar-refractivity contribution in [2.75, 3.05) is 11.6 Å². The van der Waals surface area contributed by atoms with E-state index in [4.69, 9.17) is 0 Å². The van der Waals surface area contributed by atoms with Gasteiger partial charge in [-0.1, -0.05) is 6.07 Å². The maximum atomic E-state index is 4.37. The maximum Gasteiger partial charge on any atom is 0.207 e. The van der Waals surface area contributed by atoms with Crippen molar-refractivity contribution in [2.24, 2.45) is 0 Å². The van der Waals surface area contributed by atoms with E-state index in [1.165, 1.54) is 17.7 Å². The van der Waals surface area contributed by atoms with Gasteiger partial charge in [-0.25, -0.2) is 4.98 Å². The summed E-state index contributed by atoms with van der Waals surface area (Å²) in [6.07, 6.45) is 8.55. The Morgan fingerprint density at radius 3 is 3.06 bits per heavy atom. The van der Waals surface area contributed by atoms with Gasteiger partial charge in [-0.3, -0.25) is 0 Å². The number of nitrogens with zero attached hydrogens (tertiary/aromatic N) is 2. The van der Waals surface area contributed by atoms with E-state index in [1.54, 1.807) is 11.8 Å². The number of rotatable bonds is 4. The Kier molecular flexibility index (Phi) is 2.81. The first kappa shape index (κ1) is 10.7. The highest BCUT2D eigenvalue weighted by atomic mass is 32.2. The van der Waals surface area contributed by atoms with E-state index in [2.05, 4.69) is 51.6 Å². The molecule has 2 aromatic rings. The van der Waals surface area contributed by atoms with Crippen molar-refractivity contribution in [1.82, 2.24) is 9.55 Å². The Labute approximate surface area is 105 Å². The van der Waals surface area contributed by atoms with E-state index < -0.39 is 0 Å². The molecule has 1 fully saturated rings. The van der Waals surface area contributed by atoms with Crippen molar-refractivity contribution >= 4 is 23.4 Å².